The van der Waals surface area contributed by atoms with Gasteiger partial charge in [-0.1, -0.05) is 36.4 Å². The van der Waals surface area contributed by atoms with Crippen LogP contribution in [-0.4, -0.2) is 5.91 Å². The van der Waals surface area contributed by atoms with Crippen molar-refractivity contribution < 1.29 is 4.79 Å². The number of hydrogen-bond acceptors (Lipinski definition) is 4. The molecule has 0 spiro atoms. The summed E-state index contributed by atoms with van der Waals surface area (Å²) < 4.78 is 0. The lowest BCUT2D eigenvalue weighted by Gasteiger charge is -2.10. The van der Waals surface area contributed by atoms with Crippen molar-refractivity contribution >= 4 is 33.6 Å². The highest BCUT2D eigenvalue weighted by Gasteiger charge is 2.22. The first-order valence-electron chi connectivity index (χ1n) is 8.79. The summed E-state index contributed by atoms with van der Waals surface area (Å²) in [6.45, 7) is 0. The van der Waals surface area contributed by atoms with Gasteiger partial charge in [-0.15, -0.1) is 16.5 Å². The summed E-state index contributed by atoms with van der Waals surface area (Å²) >= 11 is 1.63. The van der Waals surface area contributed by atoms with Crippen LogP contribution in [0.25, 0.3) is 0 Å². The van der Waals surface area contributed by atoms with Crippen molar-refractivity contribution in [2.45, 2.75) is 25.7 Å². The maximum Gasteiger partial charge on any atom is 0.256 e. The highest BCUT2D eigenvalue weighted by molar-refractivity contribution is 7.17. The number of fused-ring (bicyclic) bond motifs is 1. The molecule has 1 heterocycles. The Kier molecular flexibility index (Phi) is 4.88. The number of nitrogens with one attached hydrogen (secondary N) is 1. The van der Waals surface area contributed by atoms with Crippen LogP contribution in [0.5, 0.6) is 0 Å². The number of benzene rings is 2. The number of amides is 1. The van der Waals surface area contributed by atoms with E-state index in [-0.39, 0.29) is 5.91 Å². The quantitative estimate of drug-likeness (QED) is 0.545. The number of nitrogens with zero attached hydrogens (tertiary/aromatic N) is 2. The van der Waals surface area contributed by atoms with Gasteiger partial charge in [-0.25, -0.2) is 0 Å². The van der Waals surface area contributed by atoms with Crippen LogP contribution in [0.2, 0.25) is 0 Å². The van der Waals surface area contributed by atoms with Crippen molar-refractivity contribution in [2.24, 2.45) is 10.2 Å². The molecule has 1 aromatic heterocycles. The lowest BCUT2D eigenvalue weighted by molar-refractivity contribution is 0.102. The summed E-state index contributed by atoms with van der Waals surface area (Å²) in [5, 5.41) is 12.7. The van der Waals surface area contributed by atoms with E-state index in [2.05, 4.69) is 15.5 Å². The molecule has 1 N–H and O–H groups in total. The van der Waals surface area contributed by atoms with Crippen LogP contribution in [0.1, 0.15) is 33.6 Å². The van der Waals surface area contributed by atoms with Gasteiger partial charge >= 0.3 is 0 Å². The molecular weight excluding hydrogens is 342 g/mol. The van der Waals surface area contributed by atoms with Crippen LogP contribution >= 0.6 is 11.3 Å². The van der Waals surface area contributed by atoms with E-state index in [4.69, 9.17) is 0 Å². The zero-order valence-corrected chi connectivity index (χ0v) is 15.1. The zero-order valence-electron chi connectivity index (χ0n) is 14.3. The van der Waals surface area contributed by atoms with Crippen LogP contribution < -0.4 is 5.32 Å². The van der Waals surface area contributed by atoms with Crippen molar-refractivity contribution in [2.75, 3.05) is 5.32 Å². The summed E-state index contributed by atoms with van der Waals surface area (Å²) in [4.78, 5) is 13.9. The topological polar surface area (TPSA) is 53.8 Å². The molecule has 0 radical (unpaired) electrons. The van der Waals surface area contributed by atoms with Crippen molar-refractivity contribution in [1.82, 2.24) is 0 Å². The Morgan fingerprint density at radius 2 is 1.58 bits per heavy atom. The maximum absolute atomic E-state index is 12.6. The Balaban J connectivity index is 1.66. The van der Waals surface area contributed by atoms with Crippen LogP contribution in [0.15, 0.2) is 70.9 Å². The molecule has 4 nitrogen and oxygen atoms in total. The molecule has 0 atom stereocenters. The van der Waals surface area contributed by atoms with E-state index < -0.39 is 0 Å². The molecular formula is C21H19N3OS. The van der Waals surface area contributed by atoms with Gasteiger partial charge in [0.2, 0.25) is 0 Å². The van der Waals surface area contributed by atoms with Gasteiger partial charge in [0.15, 0.2) is 0 Å². The molecule has 0 bridgehead atoms. The molecule has 0 saturated heterocycles. The predicted molar refractivity (Wildman–Crippen MR) is 106 cm³/mol. The SMILES string of the molecule is O=C(Nc1sc2c(c1N=Nc1ccccc1)CCCC2)c1ccccc1. The van der Waals surface area contributed by atoms with Crippen LogP contribution in [0, 0.1) is 0 Å². The minimum absolute atomic E-state index is 0.111. The van der Waals surface area contributed by atoms with Gasteiger partial charge in [0.05, 0.1) is 5.69 Å². The molecule has 1 amide bonds. The Morgan fingerprint density at radius 3 is 2.35 bits per heavy atom. The third-order valence-corrected chi connectivity index (χ3v) is 5.62. The number of carbonyl (C=O) groups excluding carboxylic acids is 1. The van der Waals surface area contributed by atoms with Gasteiger partial charge in [-0.2, -0.15) is 5.11 Å². The number of hydrogen-bond donors (Lipinski definition) is 1. The molecule has 1 aliphatic carbocycles. The monoisotopic (exact) mass is 361 g/mol. The first kappa shape index (κ1) is 16.7. The van der Waals surface area contributed by atoms with E-state index in [9.17, 15) is 4.79 Å². The third-order valence-electron chi connectivity index (χ3n) is 4.43. The molecule has 2 aromatic carbocycles. The van der Waals surface area contributed by atoms with Gasteiger partial charge in [0.1, 0.15) is 10.7 Å². The van der Waals surface area contributed by atoms with Gasteiger partial charge in [0.25, 0.3) is 5.91 Å². The van der Waals surface area contributed by atoms with E-state index in [0.29, 0.717) is 5.56 Å². The number of aryl methyl sites for hydroxylation is 1. The second-order valence-electron chi connectivity index (χ2n) is 6.24. The standard InChI is InChI=1S/C21H19N3OS/c25-20(15-9-3-1-4-10-15)22-21-19(17-13-7-8-14-18(17)26-21)24-23-16-11-5-2-6-12-16/h1-6,9-12H,7-8,13-14H2,(H,22,25). The minimum Gasteiger partial charge on any atom is -0.312 e. The Hall–Kier alpha value is -2.79. The summed E-state index contributed by atoms with van der Waals surface area (Å²) in [7, 11) is 0. The smallest absolute Gasteiger partial charge is 0.256 e. The highest BCUT2D eigenvalue weighted by atomic mass is 32.1. The van der Waals surface area contributed by atoms with Crippen molar-refractivity contribution in [3.63, 3.8) is 0 Å². The average Bonchev–Trinajstić information content (AvgIpc) is 3.05. The largest absolute Gasteiger partial charge is 0.312 e. The van der Waals surface area contributed by atoms with Gasteiger partial charge in [-0.05, 0) is 55.5 Å². The predicted octanol–water partition coefficient (Wildman–Crippen LogP) is 6.29. The van der Waals surface area contributed by atoms with Gasteiger partial charge in [0, 0.05) is 10.4 Å². The molecule has 0 saturated carbocycles. The molecule has 130 valence electrons. The summed E-state index contributed by atoms with van der Waals surface area (Å²) in [6.07, 6.45) is 4.39. The highest BCUT2D eigenvalue weighted by Crippen LogP contribution is 2.44. The van der Waals surface area contributed by atoms with Crippen LogP contribution in [0.4, 0.5) is 16.4 Å². The number of rotatable bonds is 4. The Labute approximate surface area is 156 Å². The maximum atomic E-state index is 12.6. The van der Waals surface area contributed by atoms with Crippen molar-refractivity contribution in [3.8, 4) is 0 Å². The van der Waals surface area contributed by atoms with Crippen LogP contribution in [-0.2, 0) is 12.8 Å². The molecule has 0 fully saturated rings. The van der Waals surface area contributed by atoms with E-state index in [1.54, 1.807) is 11.3 Å². The zero-order chi connectivity index (χ0) is 17.8. The number of carbonyl (C=O) groups is 1. The van der Waals surface area contributed by atoms with Crippen LogP contribution in [0.3, 0.4) is 0 Å². The number of azo groups is 1. The second kappa shape index (κ2) is 7.62. The van der Waals surface area contributed by atoms with Crippen molar-refractivity contribution in [1.29, 1.82) is 0 Å². The second-order valence-corrected chi connectivity index (χ2v) is 7.35. The lowest BCUT2D eigenvalue weighted by atomic mass is 9.98. The lowest BCUT2D eigenvalue weighted by Crippen LogP contribution is -2.10. The van der Waals surface area contributed by atoms with Crippen molar-refractivity contribution in [3.05, 3.63) is 76.7 Å². The average molecular weight is 361 g/mol. The first-order valence-corrected chi connectivity index (χ1v) is 9.60. The number of anilines is 1. The fourth-order valence-electron chi connectivity index (χ4n) is 3.11. The molecule has 0 unspecified atom stereocenters. The molecule has 3 aromatic rings. The van der Waals surface area contributed by atoms with Gasteiger partial charge in [-0.3, -0.25) is 4.79 Å². The summed E-state index contributed by atoms with van der Waals surface area (Å²) in [5.74, 6) is -0.111. The van der Waals surface area contributed by atoms with Gasteiger partial charge < -0.3 is 5.32 Å². The molecule has 5 heteroatoms. The molecule has 0 aliphatic heterocycles. The molecule has 26 heavy (non-hydrogen) atoms. The normalized spacial score (nSPS) is 13.5. The third kappa shape index (κ3) is 3.58. The fraction of sp³-hybridized carbons (Fsp3) is 0.190. The Bertz CT molecular complexity index is 933. The summed E-state index contributed by atoms with van der Waals surface area (Å²) in [6, 6.07) is 18.9. The van der Waals surface area contributed by atoms with E-state index in [1.165, 1.54) is 16.9 Å². The van der Waals surface area contributed by atoms with E-state index >= 15 is 0 Å². The molecule has 4 rings (SSSR count). The number of thiophene rings is 1. The Morgan fingerprint density at radius 1 is 0.885 bits per heavy atom. The molecule has 1 aliphatic rings. The fourth-order valence-corrected chi connectivity index (χ4v) is 4.33. The van der Waals surface area contributed by atoms with E-state index in [1.807, 2.05) is 60.7 Å². The minimum atomic E-state index is -0.111. The first-order chi connectivity index (χ1) is 12.8. The van der Waals surface area contributed by atoms with E-state index in [0.717, 1.165) is 35.6 Å². The summed E-state index contributed by atoms with van der Waals surface area (Å²) in [5.41, 5.74) is 3.51.